The van der Waals surface area contributed by atoms with Crippen LogP contribution >= 0.6 is 0 Å². The Labute approximate surface area is 374 Å². The van der Waals surface area contributed by atoms with Crippen molar-refractivity contribution in [3.8, 4) is 0 Å². The quantitative estimate of drug-likeness (QED) is 0.0571. The average molecular weight is 964 g/mol. The zero-order valence-electron chi connectivity index (χ0n) is 35.9. The van der Waals surface area contributed by atoms with Gasteiger partial charge in [-0.3, -0.25) is 14.4 Å². The highest BCUT2D eigenvalue weighted by Gasteiger charge is 2.61. The lowest BCUT2D eigenvalue weighted by Crippen LogP contribution is -2.71. The summed E-state index contributed by atoms with van der Waals surface area (Å²) in [5.74, 6) is -12.3. The minimum absolute atomic E-state index is 0.726. The summed E-state index contributed by atoms with van der Waals surface area (Å²) in [5.41, 5.74) is 0. The van der Waals surface area contributed by atoms with Gasteiger partial charge in [0.05, 0.1) is 62.9 Å². The summed E-state index contributed by atoms with van der Waals surface area (Å²) in [6.45, 7) is 0.229. The Bertz CT molecular complexity index is 1680. The maximum Gasteiger partial charge on any atom is 0.364 e. The molecule has 0 radical (unpaired) electrons. The van der Waals surface area contributed by atoms with Crippen molar-refractivity contribution in [2.24, 2.45) is 0 Å². The first-order valence-electron chi connectivity index (χ1n) is 20.7. The summed E-state index contributed by atoms with van der Waals surface area (Å²) >= 11 is 0. The summed E-state index contributed by atoms with van der Waals surface area (Å²) in [7, 11) is 0. The van der Waals surface area contributed by atoms with Crippen LogP contribution in [0.25, 0.3) is 0 Å². The van der Waals surface area contributed by atoms with Crippen LogP contribution in [0.1, 0.15) is 40.5 Å². The molecule has 1 unspecified atom stereocenters. The van der Waals surface area contributed by atoms with Gasteiger partial charge < -0.3 is 121 Å². The Morgan fingerprint density at radius 1 is 0.636 bits per heavy atom. The molecule has 4 aliphatic rings. The average Bonchev–Trinajstić information content (AvgIpc) is 3.24. The molecule has 4 saturated heterocycles. The number of rotatable bonds is 19. The van der Waals surface area contributed by atoms with Gasteiger partial charge in [0.1, 0.15) is 79.4 Å². The Balaban J connectivity index is 1.66. The van der Waals surface area contributed by atoms with Gasteiger partial charge in [-0.2, -0.15) is 0 Å². The summed E-state index contributed by atoms with van der Waals surface area (Å²) in [6.07, 6.45) is -35.6. The number of hydrogen-bond acceptors (Lipinski definition) is 24. The molecule has 380 valence electrons. The Morgan fingerprint density at radius 3 is 1.52 bits per heavy atom. The van der Waals surface area contributed by atoms with Crippen LogP contribution in [0.4, 0.5) is 0 Å². The molecular weight excluding hydrogens is 902 g/mol. The SMILES string of the molecule is CC(=O)N[C@H]1[C@H]([C@H](O)[C@H](O)CO)O[C@](OC[C@H]2OC(C)[C@H](NC(C)=O)[C@@H](O[C@@H]3O[C@H](CO)[C@H](O)[C@H](O[C@@]4(C(=O)O)C[C@H](O)[C@@H](NC(C)=O)[C@H]([C@H](O)[C@H](O)CO)O4)[C@H]3O)[C@H]2O)(C(=O)O)C[C@@H]1O. The van der Waals surface area contributed by atoms with Crippen molar-refractivity contribution >= 4 is 29.7 Å². The van der Waals surface area contributed by atoms with Crippen molar-refractivity contribution in [1.82, 2.24) is 16.0 Å². The molecule has 4 fully saturated rings. The molecule has 0 aromatic rings. The fraction of sp³-hybridized carbons (Fsp3) is 0.865. The number of carbonyl (C=O) groups is 5. The van der Waals surface area contributed by atoms with Crippen molar-refractivity contribution in [2.75, 3.05) is 26.4 Å². The van der Waals surface area contributed by atoms with Crippen LogP contribution in [-0.4, -0.2) is 261 Å². The first kappa shape index (κ1) is 55.2. The second-order valence-electron chi connectivity index (χ2n) is 16.6. The van der Waals surface area contributed by atoms with E-state index in [9.17, 15) is 95.5 Å². The minimum atomic E-state index is -3.15. The lowest BCUT2D eigenvalue weighted by atomic mass is 9.88. The second-order valence-corrected chi connectivity index (χ2v) is 16.6. The normalized spacial score (nSPS) is 41.4. The number of aliphatic hydroxyl groups is 12. The third-order valence-corrected chi connectivity index (χ3v) is 11.6. The highest BCUT2D eigenvalue weighted by molar-refractivity contribution is 5.77. The van der Waals surface area contributed by atoms with Gasteiger partial charge in [0, 0.05) is 33.6 Å². The number of nitrogens with one attached hydrogen (secondary N) is 3. The molecular formula is C37H61N3O26. The van der Waals surface area contributed by atoms with Gasteiger partial charge in [0.15, 0.2) is 6.29 Å². The van der Waals surface area contributed by atoms with Crippen LogP contribution in [0.15, 0.2) is 0 Å². The van der Waals surface area contributed by atoms with E-state index in [-0.39, 0.29) is 0 Å². The highest BCUT2D eigenvalue weighted by atomic mass is 16.8. The van der Waals surface area contributed by atoms with E-state index >= 15 is 0 Å². The fourth-order valence-electron chi connectivity index (χ4n) is 8.29. The van der Waals surface area contributed by atoms with Gasteiger partial charge in [0.2, 0.25) is 17.7 Å². The Hall–Kier alpha value is -3.41. The predicted octanol–water partition coefficient (Wildman–Crippen LogP) is -9.84. The van der Waals surface area contributed by atoms with Crippen LogP contribution in [0, 0.1) is 0 Å². The van der Waals surface area contributed by atoms with Crippen LogP contribution in [0.5, 0.6) is 0 Å². The van der Waals surface area contributed by atoms with Gasteiger partial charge in [0.25, 0.3) is 11.6 Å². The van der Waals surface area contributed by atoms with Crippen molar-refractivity contribution in [3.05, 3.63) is 0 Å². The van der Waals surface area contributed by atoms with E-state index in [1.165, 1.54) is 6.92 Å². The largest absolute Gasteiger partial charge is 0.477 e. The molecule has 0 aromatic carbocycles. The smallest absolute Gasteiger partial charge is 0.364 e. The molecule has 0 saturated carbocycles. The third-order valence-electron chi connectivity index (χ3n) is 11.6. The van der Waals surface area contributed by atoms with Crippen LogP contribution < -0.4 is 16.0 Å². The van der Waals surface area contributed by atoms with E-state index in [2.05, 4.69) is 16.0 Å². The number of carboxylic acids is 2. The van der Waals surface area contributed by atoms with E-state index in [1.807, 2.05) is 0 Å². The number of carboxylic acid groups (broad SMARTS) is 2. The second kappa shape index (κ2) is 22.8. The topological polar surface area (TPSA) is 469 Å². The van der Waals surface area contributed by atoms with Crippen molar-refractivity contribution in [3.63, 3.8) is 0 Å². The first-order chi connectivity index (χ1) is 30.8. The molecule has 66 heavy (non-hydrogen) atoms. The van der Waals surface area contributed by atoms with E-state index in [0.717, 1.165) is 20.8 Å². The zero-order valence-corrected chi connectivity index (χ0v) is 35.9. The van der Waals surface area contributed by atoms with Gasteiger partial charge in [-0.15, -0.1) is 0 Å². The summed E-state index contributed by atoms with van der Waals surface area (Å²) in [5, 5.41) is 156. The molecule has 22 atom stereocenters. The summed E-state index contributed by atoms with van der Waals surface area (Å²) in [6, 6.07) is -4.56. The van der Waals surface area contributed by atoms with E-state index in [1.54, 1.807) is 0 Å². The monoisotopic (exact) mass is 963 g/mol. The molecule has 29 nitrogen and oxygen atoms in total. The highest BCUT2D eigenvalue weighted by Crippen LogP contribution is 2.39. The Morgan fingerprint density at radius 2 is 1.08 bits per heavy atom. The van der Waals surface area contributed by atoms with Gasteiger partial charge in [-0.1, -0.05) is 0 Å². The number of amides is 3. The van der Waals surface area contributed by atoms with Crippen molar-refractivity contribution in [1.29, 1.82) is 0 Å². The first-order valence-corrected chi connectivity index (χ1v) is 20.7. The zero-order chi connectivity index (χ0) is 49.7. The van der Waals surface area contributed by atoms with Crippen LogP contribution in [-0.2, 0) is 57.1 Å². The van der Waals surface area contributed by atoms with E-state index in [4.69, 9.17) is 33.2 Å². The molecule has 4 rings (SSSR count). The van der Waals surface area contributed by atoms with Gasteiger partial charge in [-0.05, 0) is 6.92 Å². The van der Waals surface area contributed by atoms with E-state index < -0.39 is 203 Å². The maximum atomic E-state index is 12.9. The molecule has 4 aliphatic heterocycles. The van der Waals surface area contributed by atoms with E-state index in [0.29, 0.717) is 0 Å². The number of hydrogen-bond donors (Lipinski definition) is 17. The molecule has 3 amide bonds. The van der Waals surface area contributed by atoms with Crippen molar-refractivity contribution in [2.45, 2.75) is 174 Å². The van der Waals surface area contributed by atoms with Crippen LogP contribution in [0.2, 0.25) is 0 Å². The standard InChI is InChI=1S/C37H61N3O26/c1-11-21(38-12(2)44)29(27(54)20(61-11)10-60-36(34(56)57)5-15(47)22(39-13(3)45)30(64-36)24(51)17(49)7-41)63-33-28(55)32(26(53)19(9-43)62-33)66-37(35(58)59)6-16(48)23(40-14(4)46)31(65-37)25(52)18(50)8-42/h11,15-33,41-43,47-55H,5-10H2,1-4H3,(H,38,44)(H,39,45)(H,40,46)(H,56,57)(H,58,59)/t11?,15-,16-,17+,18+,19+,20+,21-,22+,23+,24+,25+,26-,27-,28+,29+,30+,31+,32-,33-,36-,37+/m0/s1. The lowest BCUT2D eigenvalue weighted by Gasteiger charge is -2.51. The molecule has 0 spiro atoms. The summed E-state index contributed by atoms with van der Waals surface area (Å²) in [4.78, 5) is 62.0. The number of aliphatic hydroxyl groups excluding tert-OH is 12. The Kier molecular flexibility index (Phi) is 19.1. The number of carbonyl (C=O) groups excluding carboxylic acids is 3. The molecule has 17 N–H and O–H groups in total. The number of ether oxygens (including phenoxy) is 7. The molecule has 0 bridgehead atoms. The van der Waals surface area contributed by atoms with Gasteiger partial charge in [-0.25, -0.2) is 9.59 Å². The third kappa shape index (κ3) is 12.1. The lowest BCUT2D eigenvalue weighted by molar-refractivity contribution is -0.378. The molecule has 4 heterocycles. The predicted molar refractivity (Wildman–Crippen MR) is 207 cm³/mol. The summed E-state index contributed by atoms with van der Waals surface area (Å²) < 4.78 is 40.0. The molecule has 29 heteroatoms. The minimum Gasteiger partial charge on any atom is -0.477 e. The fourth-order valence-corrected chi connectivity index (χ4v) is 8.29. The van der Waals surface area contributed by atoms with Crippen molar-refractivity contribution < 1.29 is 129 Å². The molecule has 0 aromatic heterocycles. The van der Waals surface area contributed by atoms with Gasteiger partial charge >= 0.3 is 11.9 Å². The molecule has 0 aliphatic carbocycles. The van der Waals surface area contributed by atoms with Crippen LogP contribution in [0.3, 0.4) is 0 Å². The maximum absolute atomic E-state index is 12.9. The number of aliphatic carboxylic acids is 2.